The zero-order valence-corrected chi connectivity index (χ0v) is 7.90. The molecule has 0 N–H and O–H groups in total. The van der Waals surface area contributed by atoms with E-state index in [0.29, 0.717) is 0 Å². The molecule has 0 aromatic rings. The van der Waals surface area contributed by atoms with Crippen LogP contribution in [-0.4, -0.2) is 14.5 Å². The average Bonchev–Trinajstić information content (AvgIpc) is 1.83. The van der Waals surface area contributed by atoms with Gasteiger partial charge in [-0.2, -0.15) is 12.6 Å². The van der Waals surface area contributed by atoms with Gasteiger partial charge < -0.3 is 0 Å². The maximum atomic E-state index is 4.20. The molecule has 0 aromatic heterocycles. The van der Waals surface area contributed by atoms with Crippen molar-refractivity contribution in [2.24, 2.45) is 0 Å². The largest absolute Gasteiger partial charge is 0.180 e. The van der Waals surface area contributed by atoms with Crippen LogP contribution in [0.1, 0.15) is 13.8 Å². The Morgan fingerprint density at radius 2 is 1.75 bits per heavy atom. The van der Waals surface area contributed by atoms with E-state index in [4.69, 9.17) is 0 Å². The van der Waals surface area contributed by atoms with Gasteiger partial charge in [0.25, 0.3) is 0 Å². The van der Waals surface area contributed by atoms with Crippen LogP contribution in [0.2, 0.25) is 18.1 Å². The third-order valence-electron chi connectivity index (χ3n) is 1.69. The minimum Gasteiger partial charge on any atom is -0.180 e. The minimum atomic E-state index is -0.269. The summed E-state index contributed by atoms with van der Waals surface area (Å²) in [5.74, 6) is 1.11. The van der Waals surface area contributed by atoms with E-state index in [1.807, 2.05) is 0 Å². The van der Waals surface area contributed by atoms with Crippen molar-refractivity contribution < 1.29 is 0 Å². The van der Waals surface area contributed by atoms with Gasteiger partial charge in [-0.15, -0.1) is 0 Å². The molecule has 0 rings (SSSR count). The molecular weight excluding hydrogens is 132 g/mol. The molecule has 0 spiro atoms. The Kier molecular flexibility index (Phi) is 6.10. The predicted molar refractivity (Wildman–Crippen MR) is 46.8 cm³/mol. The van der Waals surface area contributed by atoms with Gasteiger partial charge in [0.05, 0.1) is 0 Å². The molecule has 2 heteroatoms. The van der Waals surface area contributed by atoms with Gasteiger partial charge in [0.15, 0.2) is 0 Å². The summed E-state index contributed by atoms with van der Waals surface area (Å²) in [5, 5.41) is 0. The Morgan fingerprint density at radius 3 is 1.88 bits per heavy atom. The first kappa shape index (κ1) is 8.57. The fourth-order valence-electron chi connectivity index (χ4n) is 0.879. The van der Waals surface area contributed by atoms with Crippen LogP contribution in [0.5, 0.6) is 0 Å². The highest BCUT2D eigenvalue weighted by atomic mass is 32.1. The SMILES string of the molecule is CC[SiH](CC)CCS. The predicted octanol–water partition coefficient (Wildman–Crippen LogP) is 2.18. The van der Waals surface area contributed by atoms with Crippen LogP contribution >= 0.6 is 12.6 Å². The molecule has 0 atom stereocenters. The summed E-state index contributed by atoms with van der Waals surface area (Å²) in [5.41, 5.74) is 0. The Balaban J connectivity index is 3.07. The van der Waals surface area contributed by atoms with Crippen LogP contribution in [0.15, 0.2) is 0 Å². The standard InChI is InChI=1S/C6H16SSi/c1-3-8(4-2)6-5-7/h7-8H,3-6H2,1-2H3. The molecule has 0 saturated heterocycles. The van der Waals surface area contributed by atoms with E-state index in [1.165, 1.54) is 18.1 Å². The van der Waals surface area contributed by atoms with Gasteiger partial charge in [0, 0.05) is 8.80 Å². The van der Waals surface area contributed by atoms with Gasteiger partial charge in [-0.3, -0.25) is 0 Å². The lowest BCUT2D eigenvalue weighted by Gasteiger charge is -2.05. The van der Waals surface area contributed by atoms with Crippen molar-refractivity contribution in [1.29, 1.82) is 0 Å². The van der Waals surface area contributed by atoms with Crippen molar-refractivity contribution in [2.45, 2.75) is 32.0 Å². The van der Waals surface area contributed by atoms with Gasteiger partial charge in [0.2, 0.25) is 0 Å². The lowest BCUT2D eigenvalue weighted by Crippen LogP contribution is -2.08. The van der Waals surface area contributed by atoms with Gasteiger partial charge in [0.1, 0.15) is 0 Å². The average molecular weight is 148 g/mol. The van der Waals surface area contributed by atoms with E-state index in [1.54, 1.807) is 0 Å². The Labute approximate surface area is 59.7 Å². The fraction of sp³-hybridized carbons (Fsp3) is 1.00. The van der Waals surface area contributed by atoms with Crippen molar-refractivity contribution in [3.8, 4) is 0 Å². The number of hydrogen-bond donors (Lipinski definition) is 1. The summed E-state index contributed by atoms with van der Waals surface area (Å²) in [6.45, 7) is 4.62. The van der Waals surface area contributed by atoms with E-state index in [-0.39, 0.29) is 8.80 Å². The first-order valence-corrected chi connectivity index (χ1v) is 6.54. The van der Waals surface area contributed by atoms with Crippen molar-refractivity contribution in [3.63, 3.8) is 0 Å². The molecule has 0 aliphatic rings. The molecule has 0 aliphatic heterocycles. The highest BCUT2D eigenvalue weighted by molar-refractivity contribution is 7.80. The fourth-order valence-corrected chi connectivity index (χ4v) is 3.73. The molecule has 0 saturated carbocycles. The quantitative estimate of drug-likeness (QED) is 0.458. The van der Waals surface area contributed by atoms with Crippen LogP contribution < -0.4 is 0 Å². The lowest BCUT2D eigenvalue weighted by molar-refractivity contribution is 1.25. The second-order valence-corrected chi connectivity index (χ2v) is 6.58. The molecular formula is C6H16SSi. The summed E-state index contributed by atoms with van der Waals surface area (Å²) in [6, 6.07) is 4.34. The zero-order valence-electron chi connectivity index (χ0n) is 5.85. The highest BCUT2D eigenvalue weighted by Crippen LogP contribution is 2.04. The van der Waals surface area contributed by atoms with Gasteiger partial charge >= 0.3 is 0 Å². The molecule has 0 radical (unpaired) electrons. The monoisotopic (exact) mass is 148 g/mol. The van der Waals surface area contributed by atoms with E-state index in [2.05, 4.69) is 26.5 Å². The van der Waals surface area contributed by atoms with Gasteiger partial charge in [-0.1, -0.05) is 32.0 Å². The van der Waals surface area contributed by atoms with E-state index in [9.17, 15) is 0 Å². The Morgan fingerprint density at radius 1 is 1.25 bits per heavy atom. The third-order valence-corrected chi connectivity index (χ3v) is 5.85. The molecule has 0 aromatic carbocycles. The molecule has 0 unspecified atom stereocenters. The minimum absolute atomic E-state index is 0.269. The molecule has 0 amide bonds. The highest BCUT2D eigenvalue weighted by Gasteiger charge is 2.01. The summed E-state index contributed by atoms with van der Waals surface area (Å²) in [6.07, 6.45) is 0. The molecule has 50 valence electrons. The van der Waals surface area contributed by atoms with E-state index in [0.717, 1.165) is 5.75 Å². The summed E-state index contributed by atoms with van der Waals surface area (Å²) < 4.78 is 0. The maximum absolute atomic E-state index is 4.20. The first-order chi connectivity index (χ1) is 3.85. The number of rotatable bonds is 4. The molecule has 0 heterocycles. The second kappa shape index (κ2) is 5.70. The number of thiol groups is 1. The lowest BCUT2D eigenvalue weighted by atomic mass is 10.9. The first-order valence-electron chi connectivity index (χ1n) is 3.46. The molecule has 0 bridgehead atoms. The number of hydrogen-bond acceptors (Lipinski definition) is 1. The molecule has 0 aliphatic carbocycles. The molecule has 0 nitrogen and oxygen atoms in total. The third kappa shape index (κ3) is 3.55. The van der Waals surface area contributed by atoms with Crippen molar-refractivity contribution in [2.75, 3.05) is 5.75 Å². The molecule has 0 fully saturated rings. The van der Waals surface area contributed by atoms with Crippen LogP contribution in [0.25, 0.3) is 0 Å². The summed E-state index contributed by atoms with van der Waals surface area (Å²) in [4.78, 5) is 0. The smallest absolute Gasteiger partial charge is 0.0370 e. The summed E-state index contributed by atoms with van der Waals surface area (Å²) in [7, 11) is -0.269. The van der Waals surface area contributed by atoms with Gasteiger partial charge in [-0.25, -0.2) is 0 Å². The maximum Gasteiger partial charge on any atom is 0.0370 e. The van der Waals surface area contributed by atoms with Gasteiger partial charge in [-0.05, 0) is 5.75 Å². The zero-order chi connectivity index (χ0) is 6.41. The van der Waals surface area contributed by atoms with Crippen LogP contribution in [-0.2, 0) is 0 Å². The van der Waals surface area contributed by atoms with Crippen molar-refractivity contribution in [1.82, 2.24) is 0 Å². The van der Waals surface area contributed by atoms with Crippen LogP contribution in [0.4, 0.5) is 0 Å². The Hall–Kier alpha value is 0.567. The summed E-state index contributed by atoms with van der Waals surface area (Å²) >= 11 is 4.20. The second-order valence-electron chi connectivity index (χ2n) is 2.19. The normalized spacial score (nSPS) is 10.5. The topological polar surface area (TPSA) is 0 Å². The Bertz CT molecular complexity index is 43.8. The van der Waals surface area contributed by atoms with Crippen molar-refractivity contribution in [3.05, 3.63) is 0 Å². The van der Waals surface area contributed by atoms with E-state index < -0.39 is 0 Å². The van der Waals surface area contributed by atoms with E-state index >= 15 is 0 Å². The molecule has 8 heavy (non-hydrogen) atoms. The van der Waals surface area contributed by atoms with Crippen LogP contribution in [0, 0.1) is 0 Å². The van der Waals surface area contributed by atoms with Crippen LogP contribution in [0.3, 0.4) is 0 Å². The van der Waals surface area contributed by atoms with Crippen molar-refractivity contribution >= 4 is 21.4 Å².